The second-order valence-electron chi connectivity index (χ2n) is 6.44. The summed E-state index contributed by atoms with van der Waals surface area (Å²) in [6.45, 7) is 2.37. The van der Waals surface area contributed by atoms with Crippen LogP contribution in [0.2, 0.25) is 5.02 Å². The van der Waals surface area contributed by atoms with Crippen LogP contribution in [0.25, 0.3) is 0 Å². The van der Waals surface area contributed by atoms with E-state index in [1.807, 2.05) is 67.6 Å². The van der Waals surface area contributed by atoms with Crippen molar-refractivity contribution < 1.29 is 9.53 Å². The number of rotatable bonds is 8. The number of halogens is 1. The molecule has 1 aromatic heterocycles. The van der Waals surface area contributed by atoms with Gasteiger partial charge in [0.05, 0.1) is 12.3 Å². The quantitative estimate of drug-likeness (QED) is 0.332. The van der Waals surface area contributed by atoms with Gasteiger partial charge in [-0.1, -0.05) is 48.0 Å². The number of pyridine rings is 1. The van der Waals surface area contributed by atoms with Crippen molar-refractivity contribution in [2.45, 2.75) is 19.8 Å². The predicted molar refractivity (Wildman–Crippen MR) is 115 cm³/mol. The van der Waals surface area contributed by atoms with Crippen molar-refractivity contribution in [3.8, 4) is 5.75 Å². The Hall–Kier alpha value is -3.18. The highest BCUT2D eigenvalue weighted by atomic mass is 35.5. The molecule has 0 saturated carbocycles. The van der Waals surface area contributed by atoms with Gasteiger partial charge in [0.15, 0.2) is 0 Å². The Bertz CT molecular complexity index is 934. The van der Waals surface area contributed by atoms with E-state index in [4.69, 9.17) is 16.3 Å². The Morgan fingerprint density at radius 1 is 1.10 bits per heavy atom. The molecule has 29 heavy (non-hydrogen) atoms. The number of carbonyl (C=O) groups is 1. The summed E-state index contributed by atoms with van der Waals surface area (Å²) in [6, 6.07) is 20.7. The lowest BCUT2D eigenvalue weighted by Gasteiger charge is -2.09. The van der Waals surface area contributed by atoms with E-state index in [2.05, 4.69) is 15.5 Å². The number of hydrogen-bond donors (Lipinski definition) is 1. The maximum absolute atomic E-state index is 12.2. The molecule has 0 saturated heterocycles. The molecule has 1 heterocycles. The summed E-state index contributed by atoms with van der Waals surface area (Å²) in [5, 5.41) is 5.00. The molecular weight excluding hydrogens is 386 g/mol. The first-order chi connectivity index (χ1) is 14.1. The molecular formula is C23H22ClN3O2. The van der Waals surface area contributed by atoms with Crippen molar-refractivity contribution in [2.24, 2.45) is 5.10 Å². The van der Waals surface area contributed by atoms with Gasteiger partial charge in [0.1, 0.15) is 11.5 Å². The molecule has 0 aliphatic rings. The predicted octanol–water partition coefficient (Wildman–Crippen LogP) is 4.77. The Morgan fingerprint density at radius 3 is 2.62 bits per heavy atom. The van der Waals surface area contributed by atoms with Crippen LogP contribution in [0.5, 0.6) is 5.75 Å². The van der Waals surface area contributed by atoms with Gasteiger partial charge in [-0.25, -0.2) is 5.43 Å². The van der Waals surface area contributed by atoms with Gasteiger partial charge in [0, 0.05) is 23.2 Å². The van der Waals surface area contributed by atoms with E-state index in [1.165, 1.54) is 0 Å². The minimum atomic E-state index is -0.175. The lowest BCUT2D eigenvalue weighted by Crippen LogP contribution is -2.21. The van der Waals surface area contributed by atoms with E-state index in [1.54, 1.807) is 12.3 Å². The molecule has 0 aliphatic carbocycles. The molecule has 1 N–H and O–H groups in total. The normalized spacial score (nSPS) is 11.2. The summed E-state index contributed by atoms with van der Waals surface area (Å²) in [6.07, 6.45) is 2.58. The molecule has 0 bridgehead atoms. The molecule has 0 spiro atoms. The molecule has 1 amide bonds. The monoisotopic (exact) mass is 407 g/mol. The van der Waals surface area contributed by atoms with E-state index in [-0.39, 0.29) is 5.91 Å². The number of aryl methyl sites for hydroxylation is 1. The highest BCUT2D eigenvalue weighted by Crippen LogP contribution is 2.21. The first-order valence-electron chi connectivity index (χ1n) is 9.36. The zero-order valence-corrected chi connectivity index (χ0v) is 16.9. The van der Waals surface area contributed by atoms with Crippen LogP contribution in [-0.4, -0.2) is 23.2 Å². The van der Waals surface area contributed by atoms with E-state index in [0.29, 0.717) is 35.9 Å². The van der Waals surface area contributed by atoms with Crippen LogP contribution in [-0.2, 0) is 4.79 Å². The maximum atomic E-state index is 12.2. The van der Waals surface area contributed by atoms with Gasteiger partial charge in [-0.05, 0) is 49.2 Å². The lowest BCUT2D eigenvalue weighted by molar-refractivity contribution is -0.121. The van der Waals surface area contributed by atoms with Crippen LogP contribution in [0.3, 0.4) is 0 Å². The molecule has 5 nitrogen and oxygen atoms in total. The molecule has 148 valence electrons. The SMILES string of the molecule is Cc1cc(Cl)ccc1OCCCC(=O)N/N=C(/c1ccccc1)c1ccccn1. The molecule has 0 unspecified atom stereocenters. The van der Waals surface area contributed by atoms with Gasteiger partial charge in [0.25, 0.3) is 0 Å². The number of carbonyl (C=O) groups excluding carboxylic acids is 1. The number of ether oxygens (including phenoxy) is 1. The van der Waals surface area contributed by atoms with Crippen LogP contribution in [0.4, 0.5) is 0 Å². The third-order valence-corrected chi connectivity index (χ3v) is 4.42. The van der Waals surface area contributed by atoms with Crippen molar-refractivity contribution in [2.75, 3.05) is 6.61 Å². The Balaban J connectivity index is 1.56. The van der Waals surface area contributed by atoms with Crippen LogP contribution >= 0.6 is 11.6 Å². The second-order valence-corrected chi connectivity index (χ2v) is 6.87. The highest BCUT2D eigenvalue weighted by Gasteiger charge is 2.09. The third-order valence-electron chi connectivity index (χ3n) is 4.19. The van der Waals surface area contributed by atoms with E-state index in [9.17, 15) is 4.79 Å². The summed E-state index contributed by atoms with van der Waals surface area (Å²) in [5.41, 5.74) is 5.80. The van der Waals surface area contributed by atoms with Gasteiger partial charge in [-0.3, -0.25) is 9.78 Å². The average Bonchev–Trinajstić information content (AvgIpc) is 2.74. The fraction of sp³-hybridized carbons (Fsp3) is 0.174. The fourth-order valence-corrected chi connectivity index (χ4v) is 2.96. The molecule has 0 atom stereocenters. The first-order valence-corrected chi connectivity index (χ1v) is 9.73. The van der Waals surface area contributed by atoms with Crippen molar-refractivity contribution in [1.82, 2.24) is 10.4 Å². The van der Waals surface area contributed by atoms with Gasteiger partial charge < -0.3 is 4.74 Å². The van der Waals surface area contributed by atoms with Gasteiger partial charge in [-0.15, -0.1) is 0 Å². The summed E-state index contributed by atoms with van der Waals surface area (Å²) in [4.78, 5) is 16.6. The Morgan fingerprint density at radius 2 is 1.90 bits per heavy atom. The number of hydrazone groups is 1. The summed E-state index contributed by atoms with van der Waals surface area (Å²) < 4.78 is 5.72. The zero-order valence-electron chi connectivity index (χ0n) is 16.1. The molecule has 3 aromatic rings. The van der Waals surface area contributed by atoms with Crippen LogP contribution in [0.1, 0.15) is 29.7 Å². The summed E-state index contributed by atoms with van der Waals surface area (Å²) >= 11 is 5.94. The molecule has 0 aliphatic heterocycles. The smallest absolute Gasteiger partial charge is 0.240 e. The Labute approximate surface area is 175 Å². The molecule has 6 heteroatoms. The molecule has 3 rings (SSSR count). The fourth-order valence-electron chi connectivity index (χ4n) is 2.73. The highest BCUT2D eigenvalue weighted by molar-refractivity contribution is 6.30. The Kier molecular flexibility index (Phi) is 7.36. The minimum Gasteiger partial charge on any atom is -0.493 e. The molecule has 0 radical (unpaired) electrons. The van der Waals surface area contributed by atoms with Crippen LogP contribution in [0, 0.1) is 6.92 Å². The van der Waals surface area contributed by atoms with E-state index >= 15 is 0 Å². The minimum absolute atomic E-state index is 0.175. The first kappa shape index (κ1) is 20.6. The average molecular weight is 408 g/mol. The van der Waals surface area contributed by atoms with Gasteiger partial charge in [-0.2, -0.15) is 5.10 Å². The van der Waals surface area contributed by atoms with Crippen molar-refractivity contribution in [3.05, 3.63) is 94.8 Å². The topological polar surface area (TPSA) is 63.6 Å². The van der Waals surface area contributed by atoms with Crippen LogP contribution < -0.4 is 10.2 Å². The van der Waals surface area contributed by atoms with Crippen LogP contribution in [0.15, 0.2) is 78.0 Å². The molecule has 2 aromatic carbocycles. The number of nitrogens with zero attached hydrogens (tertiary/aromatic N) is 2. The lowest BCUT2D eigenvalue weighted by atomic mass is 10.1. The zero-order chi connectivity index (χ0) is 20.5. The third kappa shape index (κ3) is 6.16. The summed E-state index contributed by atoms with van der Waals surface area (Å²) in [7, 11) is 0. The van der Waals surface area contributed by atoms with Crippen molar-refractivity contribution in [3.63, 3.8) is 0 Å². The van der Waals surface area contributed by atoms with E-state index < -0.39 is 0 Å². The standard InChI is InChI=1S/C23H22ClN3O2/c1-17-16-19(24)12-13-21(17)29-15-7-11-22(28)26-27-23(18-8-3-2-4-9-18)20-10-5-6-14-25-20/h2-6,8-10,12-14,16H,7,11,15H2,1H3,(H,26,28)/b27-23-. The second kappa shape index (κ2) is 10.4. The van der Waals surface area contributed by atoms with E-state index in [0.717, 1.165) is 16.9 Å². The summed E-state index contributed by atoms with van der Waals surface area (Å²) in [5.74, 6) is 0.597. The molecule has 0 fully saturated rings. The number of aromatic nitrogens is 1. The van der Waals surface area contributed by atoms with Gasteiger partial charge in [0.2, 0.25) is 5.91 Å². The number of nitrogens with one attached hydrogen (secondary N) is 1. The van der Waals surface area contributed by atoms with Crippen molar-refractivity contribution in [1.29, 1.82) is 0 Å². The largest absolute Gasteiger partial charge is 0.493 e. The maximum Gasteiger partial charge on any atom is 0.240 e. The number of hydrogen-bond acceptors (Lipinski definition) is 4. The number of benzene rings is 2. The van der Waals surface area contributed by atoms with Gasteiger partial charge >= 0.3 is 0 Å². The van der Waals surface area contributed by atoms with Crippen molar-refractivity contribution >= 4 is 23.2 Å². The number of amides is 1.